The van der Waals surface area contributed by atoms with Crippen molar-refractivity contribution in [2.75, 3.05) is 31.1 Å². The van der Waals surface area contributed by atoms with E-state index in [-0.39, 0.29) is 30.3 Å². The molecule has 0 spiro atoms. The third kappa shape index (κ3) is 5.11. The number of aryl methyl sites for hydroxylation is 2. The SMILES string of the molecule is CC(=O)c1ccc(N2CCN(C(=O)CCC(=O)c3ccc(C)c(C)c3)CC2)cc1. The van der Waals surface area contributed by atoms with Gasteiger partial charge < -0.3 is 9.80 Å². The van der Waals surface area contributed by atoms with Gasteiger partial charge in [0.1, 0.15) is 0 Å². The monoisotopic (exact) mass is 392 g/mol. The van der Waals surface area contributed by atoms with Gasteiger partial charge in [0.25, 0.3) is 0 Å². The third-order valence-corrected chi connectivity index (χ3v) is 5.67. The summed E-state index contributed by atoms with van der Waals surface area (Å²) < 4.78 is 0. The van der Waals surface area contributed by atoms with Gasteiger partial charge >= 0.3 is 0 Å². The second-order valence-electron chi connectivity index (χ2n) is 7.69. The number of amides is 1. The molecule has 1 saturated heterocycles. The molecule has 0 bridgehead atoms. The van der Waals surface area contributed by atoms with Gasteiger partial charge in [0.05, 0.1) is 0 Å². The number of hydrogen-bond donors (Lipinski definition) is 0. The van der Waals surface area contributed by atoms with Crippen LogP contribution in [0.4, 0.5) is 5.69 Å². The molecule has 2 aromatic carbocycles. The molecule has 1 aliphatic heterocycles. The largest absolute Gasteiger partial charge is 0.368 e. The molecule has 1 heterocycles. The first kappa shape index (κ1) is 20.8. The number of anilines is 1. The van der Waals surface area contributed by atoms with Crippen molar-refractivity contribution in [1.29, 1.82) is 0 Å². The van der Waals surface area contributed by atoms with Crippen LogP contribution in [-0.2, 0) is 4.79 Å². The summed E-state index contributed by atoms with van der Waals surface area (Å²) in [5.74, 6) is 0.113. The van der Waals surface area contributed by atoms with Crippen molar-refractivity contribution in [3.8, 4) is 0 Å². The topological polar surface area (TPSA) is 57.7 Å². The van der Waals surface area contributed by atoms with Gasteiger partial charge in [-0.25, -0.2) is 0 Å². The van der Waals surface area contributed by atoms with Crippen molar-refractivity contribution < 1.29 is 14.4 Å². The lowest BCUT2D eigenvalue weighted by molar-refractivity contribution is -0.131. The Morgan fingerprint density at radius 2 is 1.41 bits per heavy atom. The molecule has 152 valence electrons. The first-order valence-electron chi connectivity index (χ1n) is 10.1. The summed E-state index contributed by atoms with van der Waals surface area (Å²) in [5, 5.41) is 0. The Morgan fingerprint density at radius 1 is 0.793 bits per heavy atom. The molecule has 2 aromatic rings. The van der Waals surface area contributed by atoms with E-state index in [0.717, 1.165) is 29.9 Å². The molecule has 0 aromatic heterocycles. The molecule has 29 heavy (non-hydrogen) atoms. The summed E-state index contributed by atoms with van der Waals surface area (Å²) in [6, 6.07) is 13.3. The maximum Gasteiger partial charge on any atom is 0.223 e. The van der Waals surface area contributed by atoms with E-state index < -0.39 is 0 Å². The first-order valence-corrected chi connectivity index (χ1v) is 10.1. The maximum atomic E-state index is 12.5. The molecule has 0 N–H and O–H groups in total. The van der Waals surface area contributed by atoms with Gasteiger partial charge in [0.15, 0.2) is 11.6 Å². The Balaban J connectivity index is 1.49. The van der Waals surface area contributed by atoms with Gasteiger partial charge in [-0.05, 0) is 62.2 Å². The standard InChI is InChI=1S/C24H28N2O3/c1-17-4-5-21(16-18(17)2)23(28)10-11-24(29)26-14-12-25(13-15-26)22-8-6-20(7-9-22)19(3)27/h4-9,16H,10-15H2,1-3H3. The third-order valence-electron chi connectivity index (χ3n) is 5.67. The van der Waals surface area contributed by atoms with Crippen LogP contribution in [0, 0.1) is 13.8 Å². The molecule has 3 rings (SSSR count). The van der Waals surface area contributed by atoms with Crippen LogP contribution in [0.5, 0.6) is 0 Å². The molecule has 0 unspecified atom stereocenters. The van der Waals surface area contributed by atoms with E-state index in [9.17, 15) is 14.4 Å². The zero-order valence-corrected chi connectivity index (χ0v) is 17.4. The van der Waals surface area contributed by atoms with Crippen LogP contribution in [0.25, 0.3) is 0 Å². The Labute approximate surface area is 172 Å². The van der Waals surface area contributed by atoms with Crippen molar-refractivity contribution >= 4 is 23.2 Å². The molecule has 0 saturated carbocycles. The number of benzene rings is 2. The number of ketones is 2. The van der Waals surface area contributed by atoms with Crippen molar-refractivity contribution in [1.82, 2.24) is 4.90 Å². The lowest BCUT2D eigenvalue weighted by atomic mass is 10.0. The van der Waals surface area contributed by atoms with Gasteiger partial charge in [0.2, 0.25) is 5.91 Å². The molecule has 1 amide bonds. The fourth-order valence-corrected chi connectivity index (χ4v) is 3.56. The normalized spacial score (nSPS) is 14.0. The van der Waals surface area contributed by atoms with Crippen LogP contribution in [0.3, 0.4) is 0 Å². The predicted octanol–water partition coefficient (Wildman–Crippen LogP) is 3.82. The second kappa shape index (κ2) is 9.03. The quantitative estimate of drug-likeness (QED) is 0.702. The molecular weight excluding hydrogens is 364 g/mol. The predicted molar refractivity (Wildman–Crippen MR) is 115 cm³/mol. The lowest BCUT2D eigenvalue weighted by Crippen LogP contribution is -2.48. The van der Waals surface area contributed by atoms with E-state index in [1.165, 1.54) is 0 Å². The van der Waals surface area contributed by atoms with Crippen LogP contribution in [0.2, 0.25) is 0 Å². The number of hydrogen-bond acceptors (Lipinski definition) is 4. The van der Waals surface area contributed by atoms with Crippen molar-refractivity contribution in [2.24, 2.45) is 0 Å². The number of nitrogens with zero attached hydrogens (tertiary/aromatic N) is 2. The van der Waals surface area contributed by atoms with Crippen LogP contribution in [0.15, 0.2) is 42.5 Å². The van der Waals surface area contributed by atoms with E-state index >= 15 is 0 Å². The molecule has 5 nitrogen and oxygen atoms in total. The Bertz CT molecular complexity index is 910. The molecule has 5 heteroatoms. The molecule has 1 aliphatic rings. The number of piperazine rings is 1. The highest BCUT2D eigenvalue weighted by molar-refractivity contribution is 5.98. The summed E-state index contributed by atoms with van der Waals surface area (Å²) in [5.41, 5.74) is 4.70. The van der Waals surface area contributed by atoms with Crippen LogP contribution in [0.1, 0.15) is 51.6 Å². The average Bonchev–Trinajstić information content (AvgIpc) is 2.74. The summed E-state index contributed by atoms with van der Waals surface area (Å²) in [7, 11) is 0. The minimum Gasteiger partial charge on any atom is -0.368 e. The van der Waals surface area contributed by atoms with Crippen LogP contribution < -0.4 is 4.90 Å². The number of Topliss-reactive ketones (excluding diaryl/α,β-unsaturated/α-hetero) is 2. The number of carbonyl (C=O) groups excluding carboxylic acids is 3. The smallest absolute Gasteiger partial charge is 0.223 e. The highest BCUT2D eigenvalue weighted by atomic mass is 16.2. The zero-order chi connectivity index (χ0) is 21.0. The summed E-state index contributed by atoms with van der Waals surface area (Å²) in [6.07, 6.45) is 0.493. The molecule has 1 fully saturated rings. The van der Waals surface area contributed by atoms with Crippen LogP contribution in [-0.4, -0.2) is 48.6 Å². The summed E-state index contributed by atoms with van der Waals surface area (Å²) >= 11 is 0. The van der Waals surface area contributed by atoms with Gasteiger partial charge in [-0.15, -0.1) is 0 Å². The van der Waals surface area contributed by atoms with E-state index in [1.807, 2.05) is 61.2 Å². The van der Waals surface area contributed by atoms with Gasteiger partial charge in [-0.1, -0.05) is 12.1 Å². The van der Waals surface area contributed by atoms with Crippen molar-refractivity contribution in [3.63, 3.8) is 0 Å². The van der Waals surface area contributed by atoms with E-state index in [0.29, 0.717) is 24.2 Å². The van der Waals surface area contributed by atoms with Crippen molar-refractivity contribution in [3.05, 3.63) is 64.7 Å². The summed E-state index contributed by atoms with van der Waals surface area (Å²) in [4.78, 5) is 40.4. The first-order chi connectivity index (χ1) is 13.8. The zero-order valence-electron chi connectivity index (χ0n) is 17.4. The van der Waals surface area contributed by atoms with E-state index in [4.69, 9.17) is 0 Å². The molecule has 0 radical (unpaired) electrons. The fourth-order valence-electron chi connectivity index (χ4n) is 3.56. The Morgan fingerprint density at radius 3 is 2.00 bits per heavy atom. The van der Waals surface area contributed by atoms with E-state index in [1.54, 1.807) is 6.92 Å². The highest BCUT2D eigenvalue weighted by Gasteiger charge is 2.22. The number of carbonyl (C=O) groups is 3. The summed E-state index contributed by atoms with van der Waals surface area (Å²) in [6.45, 7) is 8.35. The van der Waals surface area contributed by atoms with Crippen LogP contribution >= 0.6 is 0 Å². The minimum atomic E-state index is 0.0191. The fraction of sp³-hybridized carbons (Fsp3) is 0.375. The number of rotatable bonds is 6. The van der Waals surface area contributed by atoms with Gasteiger partial charge in [0, 0.05) is 55.8 Å². The second-order valence-corrected chi connectivity index (χ2v) is 7.69. The molecule has 0 aliphatic carbocycles. The van der Waals surface area contributed by atoms with Gasteiger partial charge in [-0.3, -0.25) is 14.4 Å². The Hall–Kier alpha value is -2.95. The molecular formula is C24H28N2O3. The lowest BCUT2D eigenvalue weighted by Gasteiger charge is -2.36. The highest BCUT2D eigenvalue weighted by Crippen LogP contribution is 2.19. The van der Waals surface area contributed by atoms with Gasteiger partial charge in [-0.2, -0.15) is 0 Å². The van der Waals surface area contributed by atoms with Crippen molar-refractivity contribution in [2.45, 2.75) is 33.6 Å². The molecule has 0 atom stereocenters. The Kier molecular flexibility index (Phi) is 6.47. The van der Waals surface area contributed by atoms with E-state index in [2.05, 4.69) is 4.90 Å². The average molecular weight is 392 g/mol. The maximum absolute atomic E-state index is 12.5. The minimum absolute atomic E-state index is 0.0191.